The zero-order valence-electron chi connectivity index (χ0n) is 9.89. The van der Waals surface area contributed by atoms with Gasteiger partial charge in [-0.3, -0.25) is 14.7 Å². The van der Waals surface area contributed by atoms with Crippen molar-refractivity contribution in [3.8, 4) is 0 Å². The van der Waals surface area contributed by atoms with Gasteiger partial charge in [-0.1, -0.05) is 30.3 Å². The normalized spacial score (nSPS) is 15.4. The minimum absolute atomic E-state index is 0.142. The van der Waals surface area contributed by atoms with Gasteiger partial charge in [0, 0.05) is 11.7 Å². The van der Waals surface area contributed by atoms with E-state index in [2.05, 4.69) is 5.09 Å². The molecule has 1 aromatic rings. The number of carboxylic acid groups (broad SMARTS) is 2. The lowest BCUT2D eigenvalue weighted by Crippen LogP contribution is -2.37. The standard InChI is InChI=1S/C11H14NO5PS/c13-10(14)7-6-9(11(15)16)12-18(17,19)8-4-2-1-3-5-8/h1-5,9H,6-7H2,(H,13,14)(H,15,16)(H2,12,17,19). The second kappa shape index (κ2) is 6.77. The molecule has 0 amide bonds. The van der Waals surface area contributed by atoms with Crippen molar-refractivity contribution in [1.29, 1.82) is 0 Å². The van der Waals surface area contributed by atoms with Crippen LogP contribution < -0.4 is 10.4 Å². The van der Waals surface area contributed by atoms with E-state index >= 15 is 0 Å². The van der Waals surface area contributed by atoms with Gasteiger partial charge in [0.1, 0.15) is 6.04 Å². The molecule has 6 nitrogen and oxygen atoms in total. The van der Waals surface area contributed by atoms with Crippen LogP contribution in [-0.2, 0) is 21.4 Å². The van der Waals surface area contributed by atoms with Crippen LogP contribution in [0.2, 0.25) is 0 Å². The number of carboxylic acids is 2. The number of carbonyl (C=O) groups is 2. The Morgan fingerprint density at radius 1 is 1.26 bits per heavy atom. The summed E-state index contributed by atoms with van der Waals surface area (Å²) < 4.78 is 0. The van der Waals surface area contributed by atoms with Gasteiger partial charge in [0.25, 0.3) is 0 Å². The molecule has 0 bridgehead atoms. The number of hydrogen-bond donors (Lipinski definition) is 4. The van der Waals surface area contributed by atoms with E-state index in [4.69, 9.17) is 22.0 Å². The maximum atomic E-state index is 11.0. The van der Waals surface area contributed by atoms with Crippen molar-refractivity contribution >= 4 is 35.5 Å². The molecule has 0 aromatic heterocycles. The van der Waals surface area contributed by atoms with E-state index < -0.39 is 24.4 Å². The van der Waals surface area contributed by atoms with Gasteiger partial charge in [-0.15, -0.1) is 0 Å². The zero-order valence-corrected chi connectivity index (χ0v) is 11.6. The molecule has 0 heterocycles. The number of aliphatic carboxylic acids is 2. The van der Waals surface area contributed by atoms with Crippen molar-refractivity contribution in [2.24, 2.45) is 0 Å². The van der Waals surface area contributed by atoms with Crippen molar-refractivity contribution in [2.75, 3.05) is 0 Å². The molecule has 0 aliphatic heterocycles. The van der Waals surface area contributed by atoms with Gasteiger partial charge < -0.3 is 15.1 Å². The van der Waals surface area contributed by atoms with Crippen LogP contribution in [0, 0.1) is 0 Å². The van der Waals surface area contributed by atoms with E-state index in [0.717, 1.165) is 0 Å². The monoisotopic (exact) mass is 303 g/mol. The quantitative estimate of drug-likeness (QED) is 0.544. The molecule has 0 saturated carbocycles. The summed E-state index contributed by atoms with van der Waals surface area (Å²) in [5, 5.41) is 20.5. The van der Waals surface area contributed by atoms with Crippen LogP contribution >= 0.6 is 6.42 Å². The fourth-order valence-electron chi connectivity index (χ4n) is 1.43. The maximum Gasteiger partial charge on any atom is 0.321 e. The van der Waals surface area contributed by atoms with Crippen LogP contribution in [0.1, 0.15) is 12.8 Å². The lowest BCUT2D eigenvalue weighted by Gasteiger charge is -2.22. The molecule has 0 aliphatic rings. The van der Waals surface area contributed by atoms with Crippen molar-refractivity contribution in [1.82, 2.24) is 5.09 Å². The van der Waals surface area contributed by atoms with Crippen molar-refractivity contribution in [2.45, 2.75) is 18.9 Å². The van der Waals surface area contributed by atoms with E-state index in [-0.39, 0.29) is 12.8 Å². The lowest BCUT2D eigenvalue weighted by atomic mass is 10.2. The molecule has 8 heteroatoms. The lowest BCUT2D eigenvalue weighted by molar-refractivity contribution is -0.140. The SMILES string of the molecule is O=C(O)CCC(NP(O)(=S)c1ccccc1)C(=O)O. The van der Waals surface area contributed by atoms with E-state index in [0.29, 0.717) is 5.30 Å². The highest BCUT2D eigenvalue weighted by Crippen LogP contribution is 2.35. The Labute approximate surface area is 115 Å². The van der Waals surface area contributed by atoms with Crippen LogP contribution in [-0.4, -0.2) is 33.1 Å². The fourth-order valence-corrected chi connectivity index (χ4v) is 3.56. The predicted octanol–water partition coefficient (Wildman–Crippen LogP) is 0.521. The first-order valence-corrected chi connectivity index (χ1v) is 8.19. The summed E-state index contributed by atoms with van der Waals surface area (Å²) in [5.41, 5.74) is 0. The molecule has 0 spiro atoms. The van der Waals surface area contributed by atoms with Gasteiger partial charge in [-0.2, -0.15) is 0 Å². The highest BCUT2D eigenvalue weighted by molar-refractivity contribution is 8.14. The van der Waals surface area contributed by atoms with E-state index in [1.165, 1.54) is 0 Å². The van der Waals surface area contributed by atoms with Crippen LogP contribution in [0.25, 0.3) is 0 Å². The summed E-state index contributed by atoms with van der Waals surface area (Å²) in [5.74, 6) is -2.33. The molecule has 1 aromatic carbocycles. The smallest absolute Gasteiger partial charge is 0.321 e. The molecule has 0 aliphatic carbocycles. The topological polar surface area (TPSA) is 107 Å². The summed E-state index contributed by atoms with van der Waals surface area (Å²) in [6.07, 6.45) is -3.66. The van der Waals surface area contributed by atoms with Gasteiger partial charge in [0.05, 0.1) is 0 Å². The minimum Gasteiger partial charge on any atom is -0.481 e. The van der Waals surface area contributed by atoms with E-state index in [1.807, 2.05) is 0 Å². The van der Waals surface area contributed by atoms with Crippen molar-refractivity contribution in [3.05, 3.63) is 30.3 Å². The largest absolute Gasteiger partial charge is 0.481 e. The first-order chi connectivity index (χ1) is 8.83. The third kappa shape index (κ3) is 5.08. The number of hydrogen-bond acceptors (Lipinski definition) is 3. The highest BCUT2D eigenvalue weighted by atomic mass is 32.4. The van der Waals surface area contributed by atoms with Crippen molar-refractivity contribution in [3.63, 3.8) is 0 Å². The van der Waals surface area contributed by atoms with Crippen LogP contribution in [0.3, 0.4) is 0 Å². The molecule has 2 unspecified atom stereocenters. The Bertz CT molecular complexity index is 507. The van der Waals surface area contributed by atoms with Crippen LogP contribution in [0.4, 0.5) is 0 Å². The molecule has 104 valence electrons. The molecule has 0 saturated heterocycles. The predicted molar refractivity (Wildman–Crippen MR) is 74.0 cm³/mol. The number of nitrogens with one attached hydrogen (secondary N) is 1. The molecule has 1 rings (SSSR count). The Balaban J connectivity index is 2.81. The summed E-state index contributed by atoms with van der Waals surface area (Å²) in [6.45, 7) is 0. The molecular formula is C11H14NO5PS. The molecule has 0 radical (unpaired) electrons. The Morgan fingerprint density at radius 3 is 2.32 bits per heavy atom. The molecule has 4 N–H and O–H groups in total. The first-order valence-electron chi connectivity index (χ1n) is 5.44. The Morgan fingerprint density at radius 2 is 1.84 bits per heavy atom. The van der Waals surface area contributed by atoms with E-state index in [9.17, 15) is 14.5 Å². The third-order valence-electron chi connectivity index (χ3n) is 2.38. The summed E-state index contributed by atoms with van der Waals surface area (Å²) in [6, 6.07) is 7.13. The highest BCUT2D eigenvalue weighted by Gasteiger charge is 2.26. The molecule has 19 heavy (non-hydrogen) atoms. The average molecular weight is 303 g/mol. The molecule has 0 fully saturated rings. The van der Waals surface area contributed by atoms with Crippen LogP contribution in [0.15, 0.2) is 30.3 Å². The van der Waals surface area contributed by atoms with E-state index in [1.54, 1.807) is 30.3 Å². The summed E-state index contributed by atoms with van der Waals surface area (Å²) in [4.78, 5) is 31.7. The second-order valence-corrected chi connectivity index (χ2v) is 7.38. The van der Waals surface area contributed by atoms with Gasteiger partial charge in [-0.25, -0.2) is 0 Å². The minimum atomic E-state index is -3.21. The third-order valence-corrected chi connectivity index (χ3v) is 4.99. The average Bonchev–Trinajstić information content (AvgIpc) is 2.35. The Hall–Kier alpha value is -1.27. The molecular weight excluding hydrogens is 289 g/mol. The van der Waals surface area contributed by atoms with Crippen LogP contribution in [0.5, 0.6) is 0 Å². The van der Waals surface area contributed by atoms with Gasteiger partial charge in [0.2, 0.25) is 0 Å². The summed E-state index contributed by atoms with van der Waals surface area (Å²) in [7, 11) is 0. The van der Waals surface area contributed by atoms with Gasteiger partial charge in [-0.05, 0) is 18.2 Å². The van der Waals surface area contributed by atoms with Gasteiger partial charge in [0.15, 0.2) is 6.42 Å². The number of benzene rings is 1. The summed E-state index contributed by atoms with van der Waals surface area (Å²) >= 11 is 5.03. The zero-order chi connectivity index (χ0) is 14.5. The van der Waals surface area contributed by atoms with Gasteiger partial charge >= 0.3 is 11.9 Å². The Kier molecular flexibility index (Phi) is 5.62. The first kappa shape index (κ1) is 15.8. The maximum absolute atomic E-state index is 11.0. The molecule has 2 atom stereocenters. The number of rotatable bonds is 7. The second-order valence-electron chi connectivity index (χ2n) is 3.86. The fraction of sp³-hybridized carbons (Fsp3) is 0.273. The van der Waals surface area contributed by atoms with Crippen molar-refractivity contribution < 1.29 is 24.7 Å².